The van der Waals surface area contributed by atoms with Crippen molar-refractivity contribution in [1.29, 1.82) is 0 Å². The fraction of sp³-hybridized carbons (Fsp3) is 0.417. The van der Waals surface area contributed by atoms with Crippen LogP contribution in [0.2, 0.25) is 0 Å². The summed E-state index contributed by atoms with van der Waals surface area (Å²) in [6.07, 6.45) is 1.93. The summed E-state index contributed by atoms with van der Waals surface area (Å²) in [5.41, 5.74) is 0.291. The van der Waals surface area contributed by atoms with E-state index in [1.807, 2.05) is 0 Å². The number of aliphatic hydroxyl groups excluding tert-OH is 1. The van der Waals surface area contributed by atoms with Crippen molar-refractivity contribution < 1.29 is 14.3 Å². The van der Waals surface area contributed by atoms with Gasteiger partial charge in [0.05, 0.1) is 12.1 Å². The first-order chi connectivity index (χ1) is 7.66. The molecule has 4 heteroatoms. The van der Waals surface area contributed by atoms with E-state index in [4.69, 9.17) is 0 Å². The molecule has 86 valence electrons. The monoisotopic (exact) mass is 223 g/mol. The van der Waals surface area contributed by atoms with E-state index in [9.17, 15) is 14.3 Å². The molecule has 16 heavy (non-hydrogen) atoms. The SMILES string of the molecule is O=C(N[C@H]1CCC[C@@H]1O)c1cccc(F)c1. The molecule has 0 aliphatic heterocycles. The van der Waals surface area contributed by atoms with Crippen molar-refractivity contribution in [3.8, 4) is 0 Å². The van der Waals surface area contributed by atoms with Crippen LogP contribution < -0.4 is 5.32 Å². The zero-order valence-electron chi connectivity index (χ0n) is 8.82. The lowest BCUT2D eigenvalue weighted by Gasteiger charge is -2.16. The van der Waals surface area contributed by atoms with Gasteiger partial charge in [-0.05, 0) is 37.5 Å². The molecule has 0 radical (unpaired) electrons. The Bertz CT molecular complexity index is 394. The van der Waals surface area contributed by atoms with Gasteiger partial charge in [0, 0.05) is 5.56 Å². The molecular formula is C12H14FNO2. The molecule has 3 nitrogen and oxygen atoms in total. The fourth-order valence-electron chi connectivity index (χ4n) is 1.99. The second kappa shape index (κ2) is 4.61. The summed E-state index contributed by atoms with van der Waals surface area (Å²) in [5, 5.41) is 12.3. The Hall–Kier alpha value is -1.42. The summed E-state index contributed by atoms with van der Waals surface area (Å²) in [6.45, 7) is 0. The number of carbonyl (C=O) groups excluding carboxylic acids is 1. The van der Waals surface area contributed by atoms with Gasteiger partial charge in [0.1, 0.15) is 5.82 Å². The maximum absolute atomic E-state index is 12.9. The summed E-state index contributed by atoms with van der Waals surface area (Å²) in [5.74, 6) is -0.759. The van der Waals surface area contributed by atoms with Crippen molar-refractivity contribution >= 4 is 5.91 Å². The summed E-state index contributed by atoms with van der Waals surface area (Å²) in [6, 6.07) is 5.34. The third-order valence-corrected chi connectivity index (χ3v) is 2.88. The lowest BCUT2D eigenvalue weighted by molar-refractivity contribution is 0.0873. The summed E-state index contributed by atoms with van der Waals surface area (Å²) >= 11 is 0. The van der Waals surface area contributed by atoms with E-state index in [0.29, 0.717) is 12.0 Å². The van der Waals surface area contributed by atoms with Crippen molar-refractivity contribution in [2.45, 2.75) is 31.4 Å². The number of rotatable bonds is 2. The van der Waals surface area contributed by atoms with Gasteiger partial charge in [-0.15, -0.1) is 0 Å². The minimum Gasteiger partial charge on any atom is -0.391 e. The molecule has 1 aliphatic carbocycles. The molecule has 0 aromatic heterocycles. The smallest absolute Gasteiger partial charge is 0.251 e. The van der Waals surface area contributed by atoms with Crippen LogP contribution in [0.1, 0.15) is 29.6 Å². The average molecular weight is 223 g/mol. The Morgan fingerprint density at radius 2 is 2.25 bits per heavy atom. The van der Waals surface area contributed by atoms with E-state index in [0.717, 1.165) is 12.8 Å². The lowest BCUT2D eigenvalue weighted by atomic mass is 10.1. The molecule has 2 rings (SSSR count). The normalized spacial score (nSPS) is 24.4. The first-order valence-corrected chi connectivity index (χ1v) is 5.41. The first-order valence-electron chi connectivity index (χ1n) is 5.41. The van der Waals surface area contributed by atoms with Crippen molar-refractivity contribution in [3.05, 3.63) is 35.6 Å². The Labute approximate surface area is 93.3 Å². The number of halogens is 1. The van der Waals surface area contributed by atoms with E-state index in [-0.39, 0.29) is 11.9 Å². The molecule has 1 amide bonds. The van der Waals surface area contributed by atoms with Crippen LogP contribution in [0, 0.1) is 5.82 Å². The van der Waals surface area contributed by atoms with Crippen LogP contribution in [0.4, 0.5) is 4.39 Å². The number of benzene rings is 1. The van der Waals surface area contributed by atoms with Crippen molar-refractivity contribution in [2.75, 3.05) is 0 Å². The molecule has 0 bridgehead atoms. The average Bonchev–Trinajstić information content (AvgIpc) is 2.64. The van der Waals surface area contributed by atoms with Gasteiger partial charge in [-0.2, -0.15) is 0 Å². The van der Waals surface area contributed by atoms with Crippen LogP contribution >= 0.6 is 0 Å². The predicted octanol–water partition coefficient (Wildman–Crippen LogP) is 1.47. The molecule has 0 heterocycles. The topological polar surface area (TPSA) is 49.3 Å². The van der Waals surface area contributed by atoms with E-state index in [1.54, 1.807) is 6.07 Å². The highest BCUT2D eigenvalue weighted by molar-refractivity contribution is 5.94. The first kappa shape index (κ1) is 11.1. The van der Waals surface area contributed by atoms with Gasteiger partial charge in [0.15, 0.2) is 0 Å². The van der Waals surface area contributed by atoms with Crippen molar-refractivity contribution in [2.24, 2.45) is 0 Å². The van der Waals surface area contributed by atoms with Gasteiger partial charge >= 0.3 is 0 Å². The van der Waals surface area contributed by atoms with Crippen molar-refractivity contribution in [1.82, 2.24) is 5.32 Å². The summed E-state index contributed by atoms with van der Waals surface area (Å²) in [4.78, 5) is 11.7. The molecule has 1 saturated carbocycles. The van der Waals surface area contributed by atoms with Crippen LogP contribution in [0.5, 0.6) is 0 Å². The Kier molecular flexibility index (Phi) is 3.19. The fourth-order valence-corrected chi connectivity index (χ4v) is 1.99. The molecule has 1 fully saturated rings. The third kappa shape index (κ3) is 2.39. The quantitative estimate of drug-likeness (QED) is 0.797. The molecule has 1 aromatic rings. The molecular weight excluding hydrogens is 209 g/mol. The third-order valence-electron chi connectivity index (χ3n) is 2.88. The molecule has 2 N–H and O–H groups in total. The van der Waals surface area contributed by atoms with E-state index in [2.05, 4.69) is 5.32 Å². The van der Waals surface area contributed by atoms with Gasteiger partial charge in [0.2, 0.25) is 0 Å². The maximum atomic E-state index is 12.9. The lowest BCUT2D eigenvalue weighted by Crippen LogP contribution is -2.39. The molecule has 1 aliphatic rings. The van der Waals surface area contributed by atoms with Gasteiger partial charge < -0.3 is 10.4 Å². The number of hydrogen-bond donors (Lipinski definition) is 2. The number of carbonyl (C=O) groups is 1. The standard InChI is InChI=1S/C12H14FNO2/c13-9-4-1-3-8(7-9)12(16)14-10-5-2-6-11(10)15/h1,3-4,7,10-11,15H,2,5-6H2,(H,14,16)/t10-,11-/m0/s1. The van der Waals surface area contributed by atoms with Gasteiger partial charge in [-0.25, -0.2) is 4.39 Å². The molecule has 0 saturated heterocycles. The van der Waals surface area contributed by atoms with Crippen LogP contribution in [-0.4, -0.2) is 23.2 Å². The van der Waals surface area contributed by atoms with Crippen LogP contribution in [0.3, 0.4) is 0 Å². The summed E-state index contributed by atoms with van der Waals surface area (Å²) < 4.78 is 12.9. The van der Waals surface area contributed by atoms with Gasteiger partial charge in [-0.1, -0.05) is 6.07 Å². The largest absolute Gasteiger partial charge is 0.391 e. The van der Waals surface area contributed by atoms with E-state index >= 15 is 0 Å². The van der Waals surface area contributed by atoms with Gasteiger partial charge in [-0.3, -0.25) is 4.79 Å². The number of hydrogen-bond acceptors (Lipinski definition) is 2. The van der Waals surface area contributed by atoms with Crippen molar-refractivity contribution in [3.63, 3.8) is 0 Å². The van der Waals surface area contributed by atoms with Gasteiger partial charge in [0.25, 0.3) is 5.91 Å². The highest BCUT2D eigenvalue weighted by Gasteiger charge is 2.26. The Balaban J connectivity index is 2.03. The minimum absolute atomic E-state index is 0.198. The van der Waals surface area contributed by atoms with Crippen LogP contribution in [-0.2, 0) is 0 Å². The van der Waals surface area contributed by atoms with Crippen LogP contribution in [0.15, 0.2) is 24.3 Å². The highest BCUT2D eigenvalue weighted by Crippen LogP contribution is 2.19. The zero-order chi connectivity index (χ0) is 11.5. The second-order valence-electron chi connectivity index (χ2n) is 4.09. The maximum Gasteiger partial charge on any atom is 0.251 e. The number of amides is 1. The Morgan fingerprint density at radius 3 is 2.88 bits per heavy atom. The molecule has 0 unspecified atom stereocenters. The molecule has 0 spiro atoms. The van der Waals surface area contributed by atoms with E-state index in [1.165, 1.54) is 18.2 Å². The molecule has 1 aromatic carbocycles. The summed E-state index contributed by atoms with van der Waals surface area (Å²) in [7, 11) is 0. The molecule has 2 atom stereocenters. The predicted molar refractivity (Wildman–Crippen MR) is 57.5 cm³/mol. The number of aliphatic hydroxyl groups is 1. The highest BCUT2D eigenvalue weighted by atomic mass is 19.1. The van der Waals surface area contributed by atoms with E-state index < -0.39 is 11.9 Å². The second-order valence-corrected chi connectivity index (χ2v) is 4.09. The zero-order valence-corrected chi connectivity index (χ0v) is 8.82. The number of nitrogens with one attached hydrogen (secondary N) is 1. The minimum atomic E-state index is -0.475. The van der Waals surface area contributed by atoms with Crippen LogP contribution in [0.25, 0.3) is 0 Å². The Morgan fingerprint density at radius 1 is 1.44 bits per heavy atom.